The number of hydrogen-bond donors (Lipinski definition) is 2. The van der Waals surface area contributed by atoms with Crippen molar-refractivity contribution in [2.75, 3.05) is 7.11 Å². The number of nitrogens with zero attached hydrogens (tertiary/aromatic N) is 4. The Morgan fingerprint density at radius 3 is 2.76 bits per heavy atom. The number of nitrogens with one attached hydrogen (secondary N) is 1. The summed E-state index contributed by atoms with van der Waals surface area (Å²) in [4.78, 5) is 5.06. The lowest BCUT2D eigenvalue weighted by atomic mass is 9.95. The molecule has 1 aliphatic carbocycles. The van der Waals surface area contributed by atoms with Crippen LogP contribution in [0.25, 0.3) is 33.5 Å². The Balaban J connectivity index is 1.48. The van der Waals surface area contributed by atoms with Crippen LogP contribution in [0, 0.1) is 0 Å². The molecule has 0 amide bonds. The molecule has 7 nitrogen and oxygen atoms in total. The van der Waals surface area contributed by atoms with E-state index in [-0.39, 0.29) is 0 Å². The highest BCUT2D eigenvalue weighted by Crippen LogP contribution is 2.42. The van der Waals surface area contributed by atoms with Gasteiger partial charge < -0.3 is 9.84 Å². The van der Waals surface area contributed by atoms with Gasteiger partial charge in [-0.2, -0.15) is 10.2 Å². The van der Waals surface area contributed by atoms with E-state index >= 15 is 0 Å². The van der Waals surface area contributed by atoms with Crippen molar-refractivity contribution in [2.24, 2.45) is 7.05 Å². The summed E-state index contributed by atoms with van der Waals surface area (Å²) < 4.78 is 7.51. The van der Waals surface area contributed by atoms with Crippen LogP contribution in [0.5, 0.6) is 11.5 Å². The molecule has 2 N–H and O–H groups in total. The molecule has 0 bridgehead atoms. The summed E-state index contributed by atoms with van der Waals surface area (Å²) in [5.74, 6) is 1.33. The summed E-state index contributed by atoms with van der Waals surface area (Å²) >= 11 is 0. The molecule has 0 aliphatic heterocycles. The number of aryl methyl sites for hydroxylation is 1. The molecule has 3 aromatic heterocycles. The Morgan fingerprint density at radius 1 is 1.09 bits per heavy atom. The van der Waals surface area contributed by atoms with Gasteiger partial charge in [0.05, 0.1) is 18.8 Å². The summed E-state index contributed by atoms with van der Waals surface area (Å²) in [5, 5.41) is 21.8. The van der Waals surface area contributed by atoms with Crippen molar-refractivity contribution in [3.8, 4) is 34.0 Å². The number of ether oxygens (including phenoxy) is 1. The van der Waals surface area contributed by atoms with Gasteiger partial charge in [0.1, 0.15) is 28.4 Å². The van der Waals surface area contributed by atoms with Gasteiger partial charge in [0.2, 0.25) is 0 Å². The Hall–Kier alpha value is -4.13. The fraction of sp³-hybridized carbons (Fsp3) is 0.192. The van der Waals surface area contributed by atoms with Crippen LogP contribution < -0.4 is 4.74 Å². The van der Waals surface area contributed by atoms with E-state index in [4.69, 9.17) is 9.72 Å². The second-order valence-electron chi connectivity index (χ2n) is 8.55. The minimum Gasteiger partial charge on any atom is -0.508 e. The summed E-state index contributed by atoms with van der Waals surface area (Å²) in [5.41, 5.74) is 8.92. The van der Waals surface area contributed by atoms with Crippen LogP contribution in [0.3, 0.4) is 0 Å². The third-order valence-electron chi connectivity index (χ3n) is 6.48. The smallest absolute Gasteiger partial charge is 0.147 e. The van der Waals surface area contributed by atoms with Crippen LogP contribution in [-0.2, 0) is 19.9 Å². The largest absolute Gasteiger partial charge is 0.508 e. The number of rotatable bonds is 4. The molecular formula is C26H23N5O2. The van der Waals surface area contributed by atoms with E-state index in [1.165, 1.54) is 11.1 Å². The van der Waals surface area contributed by atoms with Crippen LogP contribution in [0.15, 0.2) is 60.9 Å². The van der Waals surface area contributed by atoms with E-state index in [9.17, 15) is 5.11 Å². The maximum atomic E-state index is 9.95. The van der Waals surface area contributed by atoms with Crippen molar-refractivity contribution in [1.29, 1.82) is 0 Å². The number of benzene rings is 2. The molecule has 0 radical (unpaired) electrons. The molecule has 1 atom stereocenters. The molecule has 0 saturated carbocycles. The normalized spacial score (nSPS) is 15.2. The first kappa shape index (κ1) is 19.5. The van der Waals surface area contributed by atoms with Gasteiger partial charge in [-0.25, -0.2) is 4.98 Å². The van der Waals surface area contributed by atoms with E-state index in [1.54, 1.807) is 24.1 Å². The second kappa shape index (κ2) is 7.48. The van der Waals surface area contributed by atoms with Crippen LogP contribution in [0.1, 0.15) is 22.6 Å². The highest BCUT2D eigenvalue weighted by atomic mass is 16.5. The molecule has 3 heterocycles. The highest BCUT2D eigenvalue weighted by Gasteiger charge is 2.27. The Bertz CT molecular complexity index is 1500. The standard InChI is InChI=1S/C26H23N5O2/c1-31-14-18(13-27-31)24-26-22(29-30-24)12-23(33-2)25(28-26)20-8-4-6-16-9-17(11-21(16)20)15-5-3-7-19(32)10-15/h3-8,10,12-14,17,32H,9,11H2,1-2H3,(H,29,30)/t17-/m1/s1. The Morgan fingerprint density at radius 2 is 1.97 bits per heavy atom. The summed E-state index contributed by atoms with van der Waals surface area (Å²) in [6.45, 7) is 0. The average molecular weight is 438 g/mol. The predicted octanol–water partition coefficient (Wildman–Crippen LogP) is 4.62. The van der Waals surface area contributed by atoms with Crippen molar-refractivity contribution in [3.05, 3.63) is 77.6 Å². The number of aromatic nitrogens is 5. The van der Waals surface area contributed by atoms with Gasteiger partial charge in [-0.1, -0.05) is 30.3 Å². The maximum Gasteiger partial charge on any atom is 0.147 e. The zero-order valence-electron chi connectivity index (χ0n) is 18.4. The van der Waals surface area contributed by atoms with Gasteiger partial charge >= 0.3 is 0 Å². The van der Waals surface area contributed by atoms with E-state index < -0.39 is 0 Å². The average Bonchev–Trinajstić information content (AvgIpc) is 3.55. The SMILES string of the molecule is COc1cc2[nH]nc(-c3cnn(C)c3)c2nc1-c1cccc2c1C[C@H](c1cccc(O)c1)C2. The van der Waals surface area contributed by atoms with Crippen LogP contribution >= 0.6 is 0 Å². The molecular weight excluding hydrogens is 414 g/mol. The van der Waals surface area contributed by atoms with Crippen LogP contribution in [0.4, 0.5) is 0 Å². The molecule has 5 aromatic rings. The summed E-state index contributed by atoms with van der Waals surface area (Å²) in [6, 6.07) is 15.9. The Labute approximate surface area is 190 Å². The van der Waals surface area contributed by atoms with E-state index in [0.29, 0.717) is 17.4 Å². The molecule has 0 fully saturated rings. The molecule has 0 saturated heterocycles. The van der Waals surface area contributed by atoms with Gasteiger partial charge in [0.25, 0.3) is 0 Å². The number of hydrogen-bond acceptors (Lipinski definition) is 5. The molecule has 1 aliphatic rings. The number of methoxy groups -OCH3 is 1. The first-order valence-electron chi connectivity index (χ1n) is 10.9. The number of phenolic OH excluding ortho intramolecular Hbond substituents is 1. The van der Waals surface area contributed by atoms with Gasteiger partial charge in [-0.05, 0) is 47.6 Å². The monoisotopic (exact) mass is 437 g/mol. The maximum absolute atomic E-state index is 9.95. The predicted molar refractivity (Wildman–Crippen MR) is 126 cm³/mol. The molecule has 33 heavy (non-hydrogen) atoms. The van der Waals surface area contributed by atoms with Crippen molar-refractivity contribution in [3.63, 3.8) is 0 Å². The highest BCUT2D eigenvalue weighted by molar-refractivity contribution is 5.92. The van der Waals surface area contributed by atoms with Crippen LogP contribution in [-0.4, -0.2) is 37.2 Å². The van der Waals surface area contributed by atoms with Crippen molar-refractivity contribution >= 4 is 11.0 Å². The topological polar surface area (TPSA) is 88.9 Å². The van der Waals surface area contributed by atoms with Crippen LogP contribution in [0.2, 0.25) is 0 Å². The van der Waals surface area contributed by atoms with Gasteiger partial charge in [-0.15, -0.1) is 0 Å². The van der Waals surface area contributed by atoms with Crippen molar-refractivity contribution in [2.45, 2.75) is 18.8 Å². The molecule has 6 rings (SSSR count). The lowest BCUT2D eigenvalue weighted by molar-refractivity contribution is 0.415. The summed E-state index contributed by atoms with van der Waals surface area (Å²) in [6.07, 6.45) is 5.55. The minimum atomic E-state index is 0.306. The fourth-order valence-corrected chi connectivity index (χ4v) is 4.91. The second-order valence-corrected chi connectivity index (χ2v) is 8.55. The van der Waals surface area contributed by atoms with Gasteiger partial charge in [-0.3, -0.25) is 9.78 Å². The summed E-state index contributed by atoms with van der Waals surface area (Å²) in [7, 11) is 3.56. The zero-order chi connectivity index (χ0) is 22.5. The molecule has 7 heteroatoms. The number of pyridine rings is 1. The first-order valence-corrected chi connectivity index (χ1v) is 10.9. The Kier molecular flexibility index (Phi) is 4.43. The molecule has 164 valence electrons. The number of fused-ring (bicyclic) bond motifs is 2. The number of phenols is 1. The number of aromatic amines is 1. The first-order chi connectivity index (χ1) is 16.1. The van der Waals surface area contributed by atoms with Crippen molar-refractivity contribution < 1.29 is 9.84 Å². The fourth-order valence-electron chi connectivity index (χ4n) is 4.91. The van der Waals surface area contributed by atoms with E-state index in [2.05, 4.69) is 39.6 Å². The number of H-pyrrole nitrogens is 1. The molecule has 2 aromatic carbocycles. The molecule has 0 unspecified atom stereocenters. The van der Waals surface area contributed by atoms with E-state index in [0.717, 1.165) is 52.0 Å². The third-order valence-corrected chi connectivity index (χ3v) is 6.48. The number of aromatic hydroxyl groups is 1. The van der Waals surface area contributed by atoms with E-state index in [1.807, 2.05) is 31.4 Å². The third kappa shape index (κ3) is 3.24. The quantitative estimate of drug-likeness (QED) is 0.428. The lowest BCUT2D eigenvalue weighted by Gasteiger charge is -2.13. The van der Waals surface area contributed by atoms with Crippen molar-refractivity contribution in [1.82, 2.24) is 25.0 Å². The van der Waals surface area contributed by atoms with Gasteiger partial charge in [0.15, 0.2) is 0 Å². The van der Waals surface area contributed by atoms with Gasteiger partial charge in [0, 0.05) is 30.4 Å². The zero-order valence-corrected chi connectivity index (χ0v) is 18.4. The molecule has 0 spiro atoms. The minimum absolute atomic E-state index is 0.306. The lowest BCUT2D eigenvalue weighted by Crippen LogP contribution is -1.98.